The third-order valence-corrected chi connectivity index (χ3v) is 3.44. The van der Waals surface area contributed by atoms with Gasteiger partial charge >= 0.3 is 6.03 Å². The molecule has 2 rings (SSSR count). The molecule has 1 fully saturated rings. The van der Waals surface area contributed by atoms with Crippen molar-refractivity contribution in [3.63, 3.8) is 0 Å². The minimum absolute atomic E-state index is 0.0165. The van der Waals surface area contributed by atoms with Crippen molar-refractivity contribution in [2.45, 2.75) is 19.5 Å². The van der Waals surface area contributed by atoms with Gasteiger partial charge in [0.25, 0.3) is 0 Å². The summed E-state index contributed by atoms with van der Waals surface area (Å²) in [6.45, 7) is 5.81. The molecule has 1 aromatic rings. The summed E-state index contributed by atoms with van der Waals surface area (Å²) in [5.41, 5.74) is 5.59. The number of nitrogens with zero attached hydrogens (tertiary/aromatic N) is 3. The van der Waals surface area contributed by atoms with E-state index in [4.69, 9.17) is 10.5 Å². The average molecular weight is 310 g/mol. The number of primary amides is 1. The maximum atomic E-state index is 11.8. The van der Waals surface area contributed by atoms with Gasteiger partial charge in [0, 0.05) is 31.9 Å². The Hall–Kier alpha value is -2.13. The fraction of sp³-hybridized carbons (Fsp3) is 0.615. The van der Waals surface area contributed by atoms with Crippen LogP contribution in [0, 0.1) is 0 Å². The van der Waals surface area contributed by atoms with E-state index in [-0.39, 0.29) is 18.6 Å². The molecule has 0 bridgehead atoms. The first-order valence-corrected chi connectivity index (χ1v) is 7.22. The summed E-state index contributed by atoms with van der Waals surface area (Å²) in [6.07, 6.45) is 3.02. The number of aromatic nitrogens is 2. The van der Waals surface area contributed by atoms with Crippen molar-refractivity contribution in [3.8, 4) is 0 Å². The predicted molar refractivity (Wildman–Crippen MR) is 80.3 cm³/mol. The maximum Gasteiger partial charge on any atom is 0.319 e. The van der Waals surface area contributed by atoms with Crippen LogP contribution in [0.4, 0.5) is 10.5 Å². The van der Waals surface area contributed by atoms with Crippen LogP contribution in [0.25, 0.3) is 0 Å². The highest BCUT2D eigenvalue weighted by molar-refractivity contribution is 5.88. The lowest BCUT2D eigenvalue weighted by Crippen LogP contribution is -2.47. The van der Waals surface area contributed by atoms with Crippen molar-refractivity contribution >= 4 is 17.6 Å². The Balaban J connectivity index is 1.73. The van der Waals surface area contributed by atoms with Crippen LogP contribution in [0.1, 0.15) is 6.92 Å². The number of nitrogens with one attached hydrogen (secondary N) is 2. The molecule has 0 saturated carbocycles. The van der Waals surface area contributed by atoms with Crippen LogP contribution in [0.5, 0.6) is 0 Å². The Morgan fingerprint density at radius 2 is 2.18 bits per heavy atom. The fourth-order valence-electron chi connectivity index (χ4n) is 2.24. The zero-order valence-electron chi connectivity index (χ0n) is 12.6. The van der Waals surface area contributed by atoms with E-state index in [9.17, 15) is 9.59 Å². The number of nitrogens with two attached hydrogens (primary N) is 1. The van der Waals surface area contributed by atoms with Crippen LogP contribution >= 0.6 is 0 Å². The van der Waals surface area contributed by atoms with Crippen molar-refractivity contribution in [3.05, 3.63) is 12.4 Å². The first-order valence-electron chi connectivity index (χ1n) is 7.22. The molecule has 122 valence electrons. The summed E-state index contributed by atoms with van der Waals surface area (Å²) < 4.78 is 6.67. The molecule has 3 amide bonds. The molecule has 0 aliphatic carbocycles. The molecule has 0 radical (unpaired) electrons. The summed E-state index contributed by atoms with van der Waals surface area (Å²) in [6, 6.07) is -0.0639. The summed E-state index contributed by atoms with van der Waals surface area (Å²) in [4.78, 5) is 24.9. The number of urea groups is 1. The molecule has 0 spiro atoms. The second-order valence-corrected chi connectivity index (χ2v) is 5.23. The van der Waals surface area contributed by atoms with Gasteiger partial charge in [0.1, 0.15) is 6.54 Å². The number of hydrogen-bond donors (Lipinski definition) is 3. The molecule has 1 saturated heterocycles. The number of rotatable bonds is 6. The molecule has 0 aromatic carbocycles. The minimum atomic E-state index is -0.488. The van der Waals surface area contributed by atoms with Gasteiger partial charge in [0.15, 0.2) is 0 Å². The first-order chi connectivity index (χ1) is 10.5. The summed E-state index contributed by atoms with van der Waals surface area (Å²) >= 11 is 0. The van der Waals surface area contributed by atoms with E-state index >= 15 is 0 Å². The Bertz CT molecular complexity index is 512. The van der Waals surface area contributed by atoms with E-state index in [1.165, 1.54) is 10.9 Å². The Labute approximate surface area is 128 Å². The van der Waals surface area contributed by atoms with Gasteiger partial charge in [-0.05, 0) is 6.92 Å². The number of hydrogen-bond acceptors (Lipinski definition) is 5. The van der Waals surface area contributed by atoms with Gasteiger partial charge in [0.05, 0.1) is 25.1 Å². The van der Waals surface area contributed by atoms with E-state index in [1.54, 1.807) is 6.20 Å². The van der Waals surface area contributed by atoms with Crippen molar-refractivity contribution in [1.82, 2.24) is 20.0 Å². The van der Waals surface area contributed by atoms with Crippen LogP contribution in [-0.4, -0.2) is 65.5 Å². The quantitative estimate of drug-likeness (QED) is 0.637. The van der Waals surface area contributed by atoms with E-state index in [0.29, 0.717) is 12.2 Å². The smallest absolute Gasteiger partial charge is 0.319 e. The summed E-state index contributed by atoms with van der Waals surface area (Å²) in [7, 11) is 0. The topological polar surface area (TPSA) is 115 Å². The number of ether oxygens (including phenoxy) is 1. The lowest BCUT2D eigenvalue weighted by atomic mass is 10.2. The SMILES string of the molecule is C[C@@H](CNC(=O)Nc1cnn(CC(N)=O)c1)N1CCOCC1. The molecule has 1 aliphatic heterocycles. The largest absolute Gasteiger partial charge is 0.379 e. The first kappa shape index (κ1) is 16.2. The van der Waals surface area contributed by atoms with E-state index in [1.807, 2.05) is 0 Å². The lowest BCUT2D eigenvalue weighted by Gasteiger charge is -2.32. The number of carbonyl (C=O) groups is 2. The third kappa shape index (κ3) is 5.01. The monoisotopic (exact) mass is 310 g/mol. The van der Waals surface area contributed by atoms with Crippen LogP contribution in [0.3, 0.4) is 0 Å². The molecule has 9 heteroatoms. The van der Waals surface area contributed by atoms with Gasteiger partial charge in [0.2, 0.25) is 5.91 Å². The van der Waals surface area contributed by atoms with Gasteiger partial charge in [-0.3, -0.25) is 14.4 Å². The van der Waals surface area contributed by atoms with Gasteiger partial charge in [-0.15, -0.1) is 0 Å². The number of carbonyl (C=O) groups excluding carboxylic acids is 2. The molecule has 4 N–H and O–H groups in total. The van der Waals surface area contributed by atoms with Crippen LogP contribution in [0.2, 0.25) is 0 Å². The molecule has 22 heavy (non-hydrogen) atoms. The normalized spacial score (nSPS) is 17.0. The summed E-state index contributed by atoms with van der Waals surface area (Å²) in [5, 5.41) is 9.41. The van der Waals surface area contributed by atoms with Crippen molar-refractivity contribution in [2.24, 2.45) is 5.73 Å². The molecule has 0 unspecified atom stereocenters. The lowest BCUT2D eigenvalue weighted by molar-refractivity contribution is -0.118. The van der Waals surface area contributed by atoms with Gasteiger partial charge in [-0.2, -0.15) is 5.10 Å². The van der Waals surface area contributed by atoms with Gasteiger partial charge in [-0.25, -0.2) is 4.79 Å². The predicted octanol–water partition coefficient (Wildman–Crippen LogP) is -0.789. The number of amides is 3. The zero-order chi connectivity index (χ0) is 15.9. The van der Waals surface area contributed by atoms with Crippen LogP contribution < -0.4 is 16.4 Å². The minimum Gasteiger partial charge on any atom is -0.379 e. The van der Waals surface area contributed by atoms with Crippen molar-refractivity contribution in [1.29, 1.82) is 0 Å². The highest BCUT2D eigenvalue weighted by atomic mass is 16.5. The zero-order valence-corrected chi connectivity index (χ0v) is 12.6. The Morgan fingerprint density at radius 3 is 2.86 bits per heavy atom. The highest BCUT2D eigenvalue weighted by Crippen LogP contribution is 2.05. The van der Waals surface area contributed by atoms with Gasteiger partial charge < -0.3 is 21.1 Å². The molecule has 1 atom stereocenters. The second-order valence-electron chi connectivity index (χ2n) is 5.23. The molecular weight excluding hydrogens is 288 g/mol. The summed E-state index contributed by atoms with van der Waals surface area (Å²) in [5.74, 6) is -0.488. The number of anilines is 1. The second kappa shape index (κ2) is 7.76. The van der Waals surface area contributed by atoms with E-state index in [0.717, 1.165) is 26.3 Å². The van der Waals surface area contributed by atoms with Crippen LogP contribution in [0.15, 0.2) is 12.4 Å². The average Bonchev–Trinajstić information content (AvgIpc) is 2.92. The van der Waals surface area contributed by atoms with Gasteiger partial charge in [-0.1, -0.05) is 0 Å². The molecule has 1 aromatic heterocycles. The Kier molecular flexibility index (Phi) is 5.73. The van der Waals surface area contributed by atoms with E-state index < -0.39 is 5.91 Å². The standard InChI is InChI=1S/C13H22N6O3/c1-10(18-2-4-22-5-3-18)6-15-13(21)17-11-7-16-19(8-11)9-12(14)20/h7-8,10H,2-6,9H2,1H3,(H2,14,20)(H2,15,17,21)/t10-/m0/s1. The number of morpholine rings is 1. The molecule has 2 heterocycles. The van der Waals surface area contributed by atoms with E-state index in [2.05, 4.69) is 27.6 Å². The molecule has 9 nitrogen and oxygen atoms in total. The fourth-order valence-corrected chi connectivity index (χ4v) is 2.24. The molecular formula is C13H22N6O3. The highest BCUT2D eigenvalue weighted by Gasteiger charge is 2.17. The third-order valence-electron chi connectivity index (χ3n) is 3.44. The Morgan fingerprint density at radius 1 is 1.45 bits per heavy atom. The molecule has 1 aliphatic rings. The van der Waals surface area contributed by atoms with Crippen molar-refractivity contribution in [2.75, 3.05) is 38.2 Å². The van der Waals surface area contributed by atoms with Crippen LogP contribution in [-0.2, 0) is 16.1 Å². The maximum absolute atomic E-state index is 11.8. The van der Waals surface area contributed by atoms with Crippen molar-refractivity contribution < 1.29 is 14.3 Å².